The van der Waals surface area contributed by atoms with Crippen molar-refractivity contribution >= 4 is 27.3 Å². The summed E-state index contributed by atoms with van der Waals surface area (Å²) in [6.45, 7) is 6.39. The fraction of sp³-hybridized carbons (Fsp3) is 0.269. The fourth-order valence-electron chi connectivity index (χ4n) is 4.06. The summed E-state index contributed by atoms with van der Waals surface area (Å²) in [7, 11) is -3.50. The summed E-state index contributed by atoms with van der Waals surface area (Å²) in [5.41, 5.74) is 3.51. The second-order valence-electron chi connectivity index (χ2n) is 8.90. The van der Waals surface area contributed by atoms with Crippen LogP contribution in [0.3, 0.4) is 0 Å². The summed E-state index contributed by atoms with van der Waals surface area (Å²) in [5.74, 6) is -0.347. The second kappa shape index (κ2) is 10.6. The van der Waals surface area contributed by atoms with E-state index in [0.717, 1.165) is 16.7 Å². The highest BCUT2D eigenvalue weighted by Crippen LogP contribution is 2.23. The van der Waals surface area contributed by atoms with Gasteiger partial charge in [0.05, 0.1) is 15.5 Å². The molecule has 188 valence electrons. The summed E-state index contributed by atoms with van der Waals surface area (Å²) < 4.78 is 27.3. The zero-order valence-electron chi connectivity index (χ0n) is 20.2. The van der Waals surface area contributed by atoms with E-state index in [4.69, 9.17) is 0 Å². The van der Waals surface area contributed by atoms with Gasteiger partial charge in [0.15, 0.2) is 0 Å². The molecule has 1 saturated heterocycles. The van der Waals surface area contributed by atoms with Gasteiger partial charge in [0, 0.05) is 50.4 Å². The summed E-state index contributed by atoms with van der Waals surface area (Å²) in [5, 5.41) is 13.8. The van der Waals surface area contributed by atoms with Crippen molar-refractivity contribution in [1.29, 1.82) is 0 Å². The number of carbonyl (C=O) groups is 1. The Morgan fingerprint density at radius 2 is 1.58 bits per heavy atom. The summed E-state index contributed by atoms with van der Waals surface area (Å²) in [4.78, 5) is 25.7. The lowest BCUT2D eigenvalue weighted by atomic mass is 10.1. The molecular weight excluding hydrogens is 480 g/mol. The number of carbonyl (C=O) groups excluding carboxylic acids is 1. The number of nitrogens with zero attached hydrogens (tertiary/aromatic N) is 3. The number of hydrogen-bond donors (Lipinski definition) is 1. The average Bonchev–Trinajstić information content (AvgIpc) is 2.86. The van der Waals surface area contributed by atoms with E-state index in [2.05, 4.69) is 10.2 Å². The zero-order valence-corrected chi connectivity index (χ0v) is 21.0. The normalized spacial score (nSPS) is 14.9. The molecule has 1 aliphatic heterocycles. The largest absolute Gasteiger partial charge is 0.321 e. The van der Waals surface area contributed by atoms with E-state index in [-0.39, 0.29) is 11.6 Å². The fourth-order valence-corrected chi connectivity index (χ4v) is 5.48. The third-order valence-electron chi connectivity index (χ3n) is 6.29. The molecule has 36 heavy (non-hydrogen) atoms. The first-order valence-electron chi connectivity index (χ1n) is 11.6. The number of piperazine rings is 1. The van der Waals surface area contributed by atoms with E-state index < -0.39 is 14.9 Å². The van der Waals surface area contributed by atoms with Crippen molar-refractivity contribution in [2.24, 2.45) is 0 Å². The van der Waals surface area contributed by atoms with Gasteiger partial charge in [0.1, 0.15) is 0 Å². The van der Waals surface area contributed by atoms with Crippen LogP contribution in [0.5, 0.6) is 0 Å². The molecule has 0 unspecified atom stereocenters. The Kier molecular flexibility index (Phi) is 7.48. The van der Waals surface area contributed by atoms with Crippen LogP contribution in [0, 0.1) is 24.0 Å². The molecule has 0 radical (unpaired) electrons. The van der Waals surface area contributed by atoms with Crippen molar-refractivity contribution in [3.63, 3.8) is 0 Å². The smallest absolute Gasteiger partial charge is 0.271 e. The van der Waals surface area contributed by atoms with Gasteiger partial charge < -0.3 is 5.32 Å². The predicted molar refractivity (Wildman–Crippen MR) is 137 cm³/mol. The Morgan fingerprint density at radius 1 is 0.944 bits per heavy atom. The van der Waals surface area contributed by atoms with Crippen LogP contribution in [0.1, 0.15) is 27.0 Å². The molecule has 1 heterocycles. The number of nitro benzene ring substituents is 1. The van der Waals surface area contributed by atoms with Crippen LogP contribution < -0.4 is 5.32 Å². The minimum atomic E-state index is -3.50. The van der Waals surface area contributed by atoms with Crippen LogP contribution in [0.15, 0.2) is 71.6 Å². The monoisotopic (exact) mass is 508 g/mol. The van der Waals surface area contributed by atoms with Gasteiger partial charge in [-0.05, 0) is 49.2 Å². The Hall–Kier alpha value is -3.60. The van der Waals surface area contributed by atoms with Crippen LogP contribution >= 0.6 is 0 Å². The van der Waals surface area contributed by atoms with Gasteiger partial charge in [0.25, 0.3) is 11.6 Å². The number of rotatable bonds is 7. The Morgan fingerprint density at radius 3 is 2.19 bits per heavy atom. The highest BCUT2D eigenvalue weighted by molar-refractivity contribution is 7.89. The zero-order chi connectivity index (χ0) is 25.9. The van der Waals surface area contributed by atoms with Crippen LogP contribution in [-0.2, 0) is 16.6 Å². The quantitative estimate of drug-likeness (QED) is 0.382. The van der Waals surface area contributed by atoms with Gasteiger partial charge in [-0.25, -0.2) is 8.42 Å². The first kappa shape index (κ1) is 25.5. The van der Waals surface area contributed by atoms with E-state index in [0.29, 0.717) is 48.9 Å². The van der Waals surface area contributed by atoms with Crippen molar-refractivity contribution in [1.82, 2.24) is 9.21 Å². The van der Waals surface area contributed by atoms with Gasteiger partial charge >= 0.3 is 0 Å². The minimum Gasteiger partial charge on any atom is -0.321 e. The van der Waals surface area contributed by atoms with Gasteiger partial charge in [-0.3, -0.25) is 19.8 Å². The first-order chi connectivity index (χ1) is 17.1. The van der Waals surface area contributed by atoms with Crippen molar-refractivity contribution in [3.05, 3.63) is 99.1 Å². The molecule has 10 heteroatoms. The third kappa shape index (κ3) is 5.78. The molecule has 1 N–H and O–H groups in total. The predicted octanol–water partition coefficient (Wildman–Crippen LogP) is 3.97. The number of nitrogens with one attached hydrogen (secondary N) is 1. The lowest BCUT2D eigenvalue weighted by molar-refractivity contribution is -0.384. The van der Waals surface area contributed by atoms with Crippen LogP contribution in [0.25, 0.3) is 0 Å². The molecule has 0 atom stereocenters. The first-order valence-corrected chi connectivity index (χ1v) is 13.0. The maximum absolute atomic E-state index is 12.9. The number of anilines is 1. The topological polar surface area (TPSA) is 113 Å². The summed E-state index contributed by atoms with van der Waals surface area (Å²) in [6.07, 6.45) is 0. The number of benzene rings is 3. The molecule has 0 bridgehead atoms. The van der Waals surface area contributed by atoms with Crippen molar-refractivity contribution in [2.45, 2.75) is 25.3 Å². The standard InChI is InChI=1S/C26H28N4O5S/c1-19-3-11-24(12-4-19)36(34,35)29-15-13-28(14-16-29)18-21-6-8-22(9-7-21)26(31)27-25-17-23(30(32)33)10-5-20(25)2/h3-12,17H,13-16,18H2,1-2H3,(H,27,31). The van der Waals surface area contributed by atoms with Gasteiger partial charge in [-0.1, -0.05) is 35.9 Å². The Balaban J connectivity index is 1.33. The number of amides is 1. The number of nitro groups is 1. The SMILES string of the molecule is Cc1ccc(S(=O)(=O)N2CCN(Cc3ccc(C(=O)Nc4cc([N+](=O)[O-])ccc4C)cc3)CC2)cc1. The number of non-ortho nitro benzene ring substituents is 1. The lowest BCUT2D eigenvalue weighted by Gasteiger charge is -2.34. The third-order valence-corrected chi connectivity index (χ3v) is 8.21. The maximum Gasteiger partial charge on any atom is 0.271 e. The van der Waals surface area contributed by atoms with E-state index >= 15 is 0 Å². The molecule has 0 aliphatic carbocycles. The van der Waals surface area contributed by atoms with Gasteiger partial charge in [0.2, 0.25) is 10.0 Å². The lowest BCUT2D eigenvalue weighted by Crippen LogP contribution is -2.48. The van der Waals surface area contributed by atoms with E-state index in [1.54, 1.807) is 49.4 Å². The molecule has 0 aromatic heterocycles. The number of sulfonamides is 1. The molecule has 4 rings (SSSR count). The molecular formula is C26H28N4O5S. The van der Waals surface area contributed by atoms with Gasteiger partial charge in [-0.2, -0.15) is 4.31 Å². The average molecular weight is 509 g/mol. The van der Waals surface area contributed by atoms with Crippen LogP contribution in [0.2, 0.25) is 0 Å². The molecule has 3 aromatic carbocycles. The Labute approximate surface area is 210 Å². The molecule has 1 fully saturated rings. The number of aryl methyl sites for hydroxylation is 2. The van der Waals surface area contributed by atoms with Crippen molar-refractivity contribution in [3.8, 4) is 0 Å². The maximum atomic E-state index is 12.9. The summed E-state index contributed by atoms with van der Waals surface area (Å²) >= 11 is 0. The molecule has 0 saturated carbocycles. The highest BCUT2D eigenvalue weighted by Gasteiger charge is 2.28. The molecule has 1 amide bonds. The number of hydrogen-bond acceptors (Lipinski definition) is 6. The van der Waals surface area contributed by atoms with Gasteiger partial charge in [-0.15, -0.1) is 0 Å². The van der Waals surface area contributed by atoms with Crippen LogP contribution in [-0.4, -0.2) is 54.6 Å². The highest BCUT2D eigenvalue weighted by atomic mass is 32.2. The summed E-state index contributed by atoms with van der Waals surface area (Å²) in [6, 6.07) is 18.4. The molecule has 1 aliphatic rings. The minimum absolute atomic E-state index is 0.0852. The Bertz CT molecular complexity index is 1360. The molecule has 3 aromatic rings. The molecule has 9 nitrogen and oxygen atoms in total. The van der Waals surface area contributed by atoms with E-state index in [1.165, 1.54) is 16.4 Å². The van der Waals surface area contributed by atoms with Crippen molar-refractivity contribution < 1.29 is 18.1 Å². The second-order valence-corrected chi connectivity index (χ2v) is 10.8. The van der Waals surface area contributed by atoms with E-state index in [9.17, 15) is 23.3 Å². The van der Waals surface area contributed by atoms with Crippen molar-refractivity contribution in [2.75, 3.05) is 31.5 Å². The molecule has 0 spiro atoms. The van der Waals surface area contributed by atoms with Crippen LogP contribution in [0.4, 0.5) is 11.4 Å². The van der Waals surface area contributed by atoms with E-state index in [1.807, 2.05) is 19.1 Å².